The number of hydrogen-bond donors (Lipinski definition) is 0. The molecule has 0 nitrogen and oxygen atoms in total. The Morgan fingerprint density at radius 3 is 1.38 bits per heavy atom. The van der Waals surface area contributed by atoms with Gasteiger partial charge < -0.3 is 0 Å². The van der Waals surface area contributed by atoms with Crippen molar-refractivity contribution in [3.63, 3.8) is 0 Å². The maximum atomic E-state index is 2.36. The van der Waals surface area contributed by atoms with Gasteiger partial charge in [-0.25, -0.2) is 0 Å². The first-order valence-corrected chi connectivity index (χ1v) is 6.13. The minimum atomic E-state index is 0.921. The van der Waals surface area contributed by atoms with Crippen LogP contribution in [0.4, 0.5) is 0 Å². The Kier molecular flexibility index (Phi) is 14.3. The highest BCUT2D eigenvalue weighted by atomic mass is 14.1. The van der Waals surface area contributed by atoms with Crippen molar-refractivity contribution in [1.29, 1.82) is 0 Å². The molecule has 0 heterocycles. The van der Waals surface area contributed by atoms with Crippen LogP contribution in [0.5, 0.6) is 0 Å². The highest BCUT2D eigenvalue weighted by Gasteiger charge is 2.07. The fourth-order valence-corrected chi connectivity index (χ4v) is 1.14. The molecule has 0 saturated heterocycles. The van der Waals surface area contributed by atoms with E-state index < -0.39 is 0 Å². The number of rotatable bonds is 5. The second-order valence-corrected chi connectivity index (χ2v) is 4.15. The molecule has 1 unspecified atom stereocenters. The summed E-state index contributed by atoms with van der Waals surface area (Å²) >= 11 is 0. The van der Waals surface area contributed by atoms with Gasteiger partial charge in [0.15, 0.2) is 0 Å². The third-order valence-corrected chi connectivity index (χ3v) is 2.86. The summed E-state index contributed by atoms with van der Waals surface area (Å²) in [6.07, 6.45) is 6.71. The molecule has 0 heteroatoms. The van der Waals surface area contributed by atoms with E-state index in [2.05, 4.69) is 41.5 Å². The molecule has 13 heavy (non-hydrogen) atoms. The zero-order valence-electron chi connectivity index (χ0n) is 10.7. The van der Waals surface area contributed by atoms with Gasteiger partial charge in [-0.15, -0.1) is 0 Å². The van der Waals surface area contributed by atoms with Crippen LogP contribution in [0, 0.1) is 11.8 Å². The lowest BCUT2D eigenvalue weighted by Crippen LogP contribution is -2.05. The molecule has 2 atom stereocenters. The molecule has 0 amide bonds. The lowest BCUT2D eigenvalue weighted by atomic mass is 9.90. The minimum Gasteiger partial charge on any atom is -0.0654 e. The van der Waals surface area contributed by atoms with Crippen LogP contribution in [0.3, 0.4) is 0 Å². The van der Waals surface area contributed by atoms with Crippen molar-refractivity contribution in [2.24, 2.45) is 11.8 Å². The van der Waals surface area contributed by atoms with Gasteiger partial charge in [0.1, 0.15) is 0 Å². The first-order valence-electron chi connectivity index (χ1n) is 6.13. The van der Waals surface area contributed by atoms with Gasteiger partial charge >= 0.3 is 0 Å². The maximum absolute atomic E-state index is 2.36. The van der Waals surface area contributed by atoms with E-state index in [0.29, 0.717) is 0 Å². The molecule has 0 saturated carbocycles. The SMILES string of the molecule is CCCC.CCC[C@@H](C)C(C)CC. The molecule has 0 radical (unpaired) electrons. The summed E-state index contributed by atoms with van der Waals surface area (Å²) < 4.78 is 0. The molecule has 0 aliphatic carbocycles. The predicted octanol–water partition coefficient (Wildman–Crippen LogP) is 5.28. The summed E-state index contributed by atoms with van der Waals surface area (Å²) in [6.45, 7) is 13.6. The molecule has 0 N–H and O–H groups in total. The second-order valence-electron chi connectivity index (χ2n) is 4.15. The normalized spacial score (nSPS) is 14.3. The van der Waals surface area contributed by atoms with Crippen molar-refractivity contribution in [3.05, 3.63) is 0 Å². The van der Waals surface area contributed by atoms with Crippen LogP contribution in [0.1, 0.15) is 73.6 Å². The van der Waals surface area contributed by atoms with E-state index in [-0.39, 0.29) is 0 Å². The monoisotopic (exact) mass is 186 g/mol. The Morgan fingerprint density at radius 2 is 1.15 bits per heavy atom. The van der Waals surface area contributed by atoms with E-state index in [4.69, 9.17) is 0 Å². The van der Waals surface area contributed by atoms with Gasteiger partial charge in [-0.1, -0.05) is 73.6 Å². The average molecular weight is 186 g/mol. The lowest BCUT2D eigenvalue weighted by Gasteiger charge is -2.16. The molecule has 0 spiro atoms. The van der Waals surface area contributed by atoms with Crippen molar-refractivity contribution in [2.75, 3.05) is 0 Å². The average Bonchev–Trinajstić information content (AvgIpc) is 2.17. The smallest absolute Gasteiger partial charge is 0.0417 e. The van der Waals surface area contributed by atoms with Crippen LogP contribution < -0.4 is 0 Å². The van der Waals surface area contributed by atoms with Gasteiger partial charge in [-0.3, -0.25) is 0 Å². The van der Waals surface area contributed by atoms with Crippen LogP contribution in [-0.4, -0.2) is 0 Å². The summed E-state index contributed by atoms with van der Waals surface area (Å²) in [5, 5.41) is 0. The van der Waals surface area contributed by atoms with Crippen molar-refractivity contribution in [1.82, 2.24) is 0 Å². The molecule has 0 bridgehead atoms. The molecular weight excluding hydrogens is 156 g/mol. The van der Waals surface area contributed by atoms with Crippen molar-refractivity contribution >= 4 is 0 Å². The fourth-order valence-electron chi connectivity index (χ4n) is 1.14. The molecule has 0 aliphatic heterocycles. The molecule has 0 rings (SSSR count). The first kappa shape index (κ1) is 15.5. The zero-order valence-corrected chi connectivity index (χ0v) is 10.7. The second kappa shape index (κ2) is 12.0. The third-order valence-electron chi connectivity index (χ3n) is 2.86. The van der Waals surface area contributed by atoms with Gasteiger partial charge in [-0.2, -0.15) is 0 Å². The van der Waals surface area contributed by atoms with Crippen molar-refractivity contribution in [3.8, 4) is 0 Å². The van der Waals surface area contributed by atoms with Gasteiger partial charge in [0.25, 0.3) is 0 Å². The largest absolute Gasteiger partial charge is 0.0654 e. The molecule has 0 aromatic heterocycles. The van der Waals surface area contributed by atoms with Gasteiger partial charge in [0, 0.05) is 0 Å². The Balaban J connectivity index is 0. The molecule has 0 aliphatic rings. The van der Waals surface area contributed by atoms with Crippen molar-refractivity contribution in [2.45, 2.75) is 73.6 Å². The highest BCUT2D eigenvalue weighted by molar-refractivity contribution is 4.58. The third kappa shape index (κ3) is 12.0. The quantitative estimate of drug-likeness (QED) is 0.548. The molecule has 0 aromatic carbocycles. The lowest BCUT2D eigenvalue weighted by molar-refractivity contribution is 0.352. The fraction of sp³-hybridized carbons (Fsp3) is 1.00. The number of hydrogen-bond acceptors (Lipinski definition) is 0. The topological polar surface area (TPSA) is 0 Å². The van der Waals surface area contributed by atoms with Crippen LogP contribution in [0.25, 0.3) is 0 Å². The van der Waals surface area contributed by atoms with E-state index >= 15 is 0 Å². The van der Waals surface area contributed by atoms with E-state index in [9.17, 15) is 0 Å². The van der Waals surface area contributed by atoms with Gasteiger partial charge in [0.05, 0.1) is 0 Å². The first-order chi connectivity index (χ1) is 6.13. The standard InChI is InChI=1S/C9H20.C4H10/c1-5-7-9(4)8(3)6-2;1-3-4-2/h8-9H,5-7H2,1-4H3;3-4H2,1-2H3/t8?,9-;/m1./s1. The zero-order chi connectivity index (χ0) is 10.7. The molecular formula is C13H30. The highest BCUT2D eigenvalue weighted by Crippen LogP contribution is 2.18. The van der Waals surface area contributed by atoms with Gasteiger partial charge in [0.2, 0.25) is 0 Å². The minimum absolute atomic E-state index is 0.921. The summed E-state index contributed by atoms with van der Waals surface area (Å²) in [5.41, 5.74) is 0. The van der Waals surface area contributed by atoms with Gasteiger partial charge in [-0.05, 0) is 11.8 Å². The Hall–Kier alpha value is 0. The van der Waals surface area contributed by atoms with E-state index in [1.165, 1.54) is 32.1 Å². The van der Waals surface area contributed by atoms with E-state index in [1.54, 1.807) is 0 Å². The summed E-state index contributed by atoms with van der Waals surface area (Å²) in [6, 6.07) is 0. The Labute approximate surface area is 86.1 Å². The van der Waals surface area contributed by atoms with Crippen molar-refractivity contribution < 1.29 is 0 Å². The van der Waals surface area contributed by atoms with Crippen LogP contribution in [0.2, 0.25) is 0 Å². The molecule has 0 fully saturated rings. The summed E-state index contributed by atoms with van der Waals surface area (Å²) in [7, 11) is 0. The summed E-state index contributed by atoms with van der Waals surface area (Å²) in [4.78, 5) is 0. The Morgan fingerprint density at radius 1 is 0.692 bits per heavy atom. The number of unbranched alkanes of at least 4 members (excludes halogenated alkanes) is 1. The van der Waals surface area contributed by atoms with Crippen LogP contribution in [0.15, 0.2) is 0 Å². The van der Waals surface area contributed by atoms with E-state index in [0.717, 1.165) is 11.8 Å². The Bertz CT molecular complexity index is 74.1. The van der Waals surface area contributed by atoms with Crippen LogP contribution >= 0.6 is 0 Å². The predicted molar refractivity (Wildman–Crippen MR) is 64.1 cm³/mol. The van der Waals surface area contributed by atoms with E-state index in [1.807, 2.05) is 0 Å². The van der Waals surface area contributed by atoms with Crippen LogP contribution in [-0.2, 0) is 0 Å². The maximum Gasteiger partial charge on any atom is -0.0417 e. The molecule has 82 valence electrons. The molecule has 0 aromatic rings. The summed E-state index contributed by atoms with van der Waals surface area (Å²) in [5.74, 6) is 1.85.